The quantitative estimate of drug-likeness (QED) is 0.924. The van der Waals surface area contributed by atoms with Gasteiger partial charge in [-0.05, 0) is 27.4 Å². The van der Waals surface area contributed by atoms with Gasteiger partial charge in [0.05, 0.1) is 6.42 Å². The molecule has 0 spiro atoms. The molecule has 0 saturated heterocycles. The molecule has 82 valence electrons. The molecule has 1 N–H and O–H groups in total. The number of carboxylic acid groups (broad SMARTS) is 1. The highest BCUT2D eigenvalue weighted by Crippen LogP contribution is 2.23. The Kier molecular flexibility index (Phi) is 4.28. The van der Waals surface area contributed by atoms with Crippen LogP contribution in [0.25, 0.3) is 0 Å². The highest BCUT2D eigenvalue weighted by Gasteiger charge is 2.16. The molecular formula is C9H10BrNO3S. The lowest BCUT2D eigenvalue weighted by atomic mass is 10.3. The van der Waals surface area contributed by atoms with Crippen molar-refractivity contribution < 1.29 is 14.7 Å². The average molecular weight is 292 g/mol. The molecule has 0 aliphatic carbocycles. The normalized spacial score (nSPS) is 10.0. The lowest BCUT2D eigenvalue weighted by Crippen LogP contribution is -2.28. The molecule has 1 aromatic rings. The first-order valence-corrected chi connectivity index (χ1v) is 5.90. The number of rotatable bonds is 4. The van der Waals surface area contributed by atoms with Gasteiger partial charge >= 0.3 is 5.97 Å². The first-order valence-electron chi connectivity index (χ1n) is 4.22. The Hall–Kier alpha value is -0.880. The second-order valence-corrected chi connectivity index (χ2v) is 4.74. The molecule has 15 heavy (non-hydrogen) atoms. The number of carbonyl (C=O) groups excluding carboxylic acids is 1. The molecular weight excluding hydrogens is 282 g/mol. The van der Waals surface area contributed by atoms with Crippen molar-refractivity contribution in [2.24, 2.45) is 0 Å². The minimum absolute atomic E-state index is 0.0365. The molecule has 6 heteroatoms. The van der Waals surface area contributed by atoms with E-state index in [1.807, 2.05) is 5.38 Å². The monoisotopic (exact) mass is 291 g/mol. The van der Waals surface area contributed by atoms with Crippen molar-refractivity contribution in [1.82, 2.24) is 4.90 Å². The van der Waals surface area contributed by atoms with Gasteiger partial charge in [-0.2, -0.15) is 0 Å². The van der Waals surface area contributed by atoms with Crippen molar-refractivity contribution >= 4 is 39.1 Å². The highest BCUT2D eigenvalue weighted by molar-refractivity contribution is 9.10. The van der Waals surface area contributed by atoms with Gasteiger partial charge in [-0.3, -0.25) is 9.59 Å². The fraction of sp³-hybridized carbons (Fsp3) is 0.333. The van der Waals surface area contributed by atoms with E-state index in [0.29, 0.717) is 4.88 Å². The topological polar surface area (TPSA) is 57.6 Å². The number of hydrogen-bond donors (Lipinski definition) is 1. The number of thiophene rings is 1. The number of aliphatic carboxylic acids is 1. The first kappa shape index (κ1) is 12.2. The van der Waals surface area contributed by atoms with Crippen LogP contribution in [-0.2, 0) is 4.79 Å². The minimum Gasteiger partial charge on any atom is -0.481 e. The van der Waals surface area contributed by atoms with Gasteiger partial charge in [0.2, 0.25) is 0 Å². The molecule has 0 bridgehead atoms. The summed E-state index contributed by atoms with van der Waals surface area (Å²) in [4.78, 5) is 24.1. The predicted octanol–water partition coefficient (Wildman–Crippen LogP) is 2.06. The maximum atomic E-state index is 11.8. The summed E-state index contributed by atoms with van der Waals surface area (Å²) in [6.45, 7) is 0.221. The summed E-state index contributed by atoms with van der Waals surface area (Å²) < 4.78 is 0.750. The third kappa shape index (κ3) is 3.32. The molecule has 4 nitrogen and oxygen atoms in total. The summed E-state index contributed by atoms with van der Waals surface area (Å²) in [6.07, 6.45) is -0.0365. The third-order valence-corrected chi connectivity index (χ3v) is 3.64. The van der Waals surface area contributed by atoms with Crippen LogP contribution in [0.4, 0.5) is 0 Å². The lowest BCUT2D eigenvalue weighted by Gasteiger charge is -2.14. The first-order chi connectivity index (χ1) is 7.02. The van der Waals surface area contributed by atoms with E-state index >= 15 is 0 Å². The van der Waals surface area contributed by atoms with E-state index in [4.69, 9.17) is 5.11 Å². The fourth-order valence-electron chi connectivity index (χ4n) is 0.985. The fourth-order valence-corrected chi connectivity index (χ4v) is 2.52. The molecule has 0 aliphatic heterocycles. The van der Waals surface area contributed by atoms with Crippen LogP contribution in [0.5, 0.6) is 0 Å². The number of nitrogens with zero attached hydrogens (tertiary/aromatic N) is 1. The van der Waals surface area contributed by atoms with Gasteiger partial charge in [-0.25, -0.2) is 0 Å². The van der Waals surface area contributed by atoms with E-state index in [1.54, 1.807) is 13.1 Å². The van der Waals surface area contributed by atoms with Crippen LogP contribution in [-0.4, -0.2) is 35.5 Å². The molecule has 0 radical (unpaired) electrons. The molecule has 1 rings (SSSR count). The Morgan fingerprint density at radius 2 is 2.27 bits per heavy atom. The van der Waals surface area contributed by atoms with E-state index in [9.17, 15) is 9.59 Å². The summed E-state index contributed by atoms with van der Waals surface area (Å²) >= 11 is 4.60. The van der Waals surface area contributed by atoms with Crippen LogP contribution < -0.4 is 0 Å². The van der Waals surface area contributed by atoms with Crippen molar-refractivity contribution in [1.29, 1.82) is 0 Å². The molecule has 0 unspecified atom stereocenters. The molecule has 1 heterocycles. The number of amides is 1. The smallest absolute Gasteiger partial charge is 0.305 e. The Morgan fingerprint density at radius 1 is 1.60 bits per heavy atom. The van der Waals surface area contributed by atoms with E-state index in [1.165, 1.54) is 16.2 Å². The van der Waals surface area contributed by atoms with Crippen molar-refractivity contribution in [2.75, 3.05) is 13.6 Å². The predicted molar refractivity (Wildman–Crippen MR) is 61.2 cm³/mol. The van der Waals surface area contributed by atoms with E-state index in [2.05, 4.69) is 15.9 Å². The lowest BCUT2D eigenvalue weighted by molar-refractivity contribution is -0.137. The number of hydrogen-bond acceptors (Lipinski definition) is 3. The minimum atomic E-state index is -0.903. The van der Waals surface area contributed by atoms with Gasteiger partial charge in [0.15, 0.2) is 0 Å². The summed E-state index contributed by atoms with van der Waals surface area (Å²) in [6, 6.07) is 1.79. The zero-order chi connectivity index (χ0) is 11.4. The number of carbonyl (C=O) groups is 2. The van der Waals surface area contributed by atoms with Crippen molar-refractivity contribution in [3.05, 3.63) is 20.8 Å². The number of carboxylic acids is 1. The maximum Gasteiger partial charge on any atom is 0.305 e. The van der Waals surface area contributed by atoms with Crippen molar-refractivity contribution in [2.45, 2.75) is 6.42 Å². The molecule has 0 fully saturated rings. The SMILES string of the molecule is CN(CCC(=O)O)C(=O)c1sccc1Br. The molecule has 1 aromatic heterocycles. The molecule has 1 amide bonds. The summed E-state index contributed by atoms with van der Waals surface area (Å²) in [5.74, 6) is -1.06. The Labute approximate surface area is 99.6 Å². The highest BCUT2D eigenvalue weighted by atomic mass is 79.9. The van der Waals surface area contributed by atoms with Crippen LogP contribution in [0, 0.1) is 0 Å². The van der Waals surface area contributed by atoms with Crippen LogP contribution in [0.1, 0.15) is 16.1 Å². The van der Waals surface area contributed by atoms with Gasteiger partial charge in [-0.15, -0.1) is 11.3 Å². The van der Waals surface area contributed by atoms with Crippen molar-refractivity contribution in [3.63, 3.8) is 0 Å². The second kappa shape index (κ2) is 5.27. The standard InChI is InChI=1S/C9H10BrNO3S/c1-11(4-2-7(12)13)9(14)8-6(10)3-5-15-8/h3,5H,2,4H2,1H3,(H,12,13). The largest absolute Gasteiger partial charge is 0.481 e. The number of halogens is 1. The van der Waals surface area contributed by atoms with E-state index in [-0.39, 0.29) is 18.9 Å². The van der Waals surface area contributed by atoms with Gasteiger partial charge < -0.3 is 10.0 Å². The summed E-state index contributed by atoms with van der Waals surface area (Å²) in [5.41, 5.74) is 0. The summed E-state index contributed by atoms with van der Waals surface area (Å²) in [7, 11) is 1.59. The summed E-state index contributed by atoms with van der Waals surface area (Å²) in [5, 5.41) is 10.3. The third-order valence-electron chi connectivity index (χ3n) is 1.82. The second-order valence-electron chi connectivity index (χ2n) is 2.97. The van der Waals surface area contributed by atoms with Gasteiger partial charge in [0.1, 0.15) is 4.88 Å². The van der Waals surface area contributed by atoms with Gasteiger partial charge in [0.25, 0.3) is 5.91 Å². The molecule has 0 atom stereocenters. The Bertz CT molecular complexity index is 377. The zero-order valence-corrected chi connectivity index (χ0v) is 10.5. The van der Waals surface area contributed by atoms with Crippen LogP contribution in [0.15, 0.2) is 15.9 Å². The van der Waals surface area contributed by atoms with Gasteiger partial charge in [0, 0.05) is 18.1 Å². The van der Waals surface area contributed by atoms with Gasteiger partial charge in [-0.1, -0.05) is 0 Å². The van der Waals surface area contributed by atoms with E-state index in [0.717, 1.165) is 4.47 Å². The molecule has 0 aromatic carbocycles. The van der Waals surface area contributed by atoms with Crippen LogP contribution in [0.3, 0.4) is 0 Å². The Balaban J connectivity index is 2.61. The zero-order valence-electron chi connectivity index (χ0n) is 8.07. The molecule has 0 aliphatic rings. The van der Waals surface area contributed by atoms with E-state index < -0.39 is 5.97 Å². The van der Waals surface area contributed by atoms with Crippen molar-refractivity contribution in [3.8, 4) is 0 Å². The maximum absolute atomic E-state index is 11.8. The Morgan fingerprint density at radius 3 is 2.73 bits per heavy atom. The average Bonchev–Trinajstić information content (AvgIpc) is 2.59. The van der Waals surface area contributed by atoms with Crippen LogP contribution >= 0.6 is 27.3 Å². The van der Waals surface area contributed by atoms with Crippen LogP contribution in [0.2, 0.25) is 0 Å². The molecule has 0 saturated carbocycles.